The molecule has 0 saturated heterocycles. The number of carbonyl (C=O) groups is 1. The monoisotopic (exact) mass is 390 g/mol. The van der Waals surface area contributed by atoms with Gasteiger partial charge in [-0.05, 0) is 30.7 Å². The highest BCUT2D eigenvalue weighted by Crippen LogP contribution is 2.24. The van der Waals surface area contributed by atoms with Crippen molar-refractivity contribution in [2.75, 3.05) is 0 Å². The molecule has 4 nitrogen and oxygen atoms in total. The Morgan fingerprint density at radius 3 is 2.88 bits per heavy atom. The molecule has 2 unspecified atom stereocenters. The van der Waals surface area contributed by atoms with Crippen molar-refractivity contribution in [1.29, 1.82) is 0 Å². The number of hydrogen-bond donors (Lipinski definition) is 1. The first kappa shape index (κ1) is 16.6. The van der Waals surface area contributed by atoms with Gasteiger partial charge in [0.05, 0.1) is 11.8 Å². The largest absolute Gasteiger partial charge is 0.382 e. The van der Waals surface area contributed by atoms with Gasteiger partial charge in [-0.1, -0.05) is 51.4 Å². The average molecular weight is 391 g/mol. The number of hydrogen-bond acceptors (Lipinski definition) is 3. The summed E-state index contributed by atoms with van der Waals surface area (Å²) in [5, 5.41) is 6.85. The number of nitrogens with one attached hydrogen (secondary N) is 1. The van der Waals surface area contributed by atoms with Crippen LogP contribution in [0.4, 0.5) is 4.39 Å². The van der Waals surface area contributed by atoms with Crippen LogP contribution in [0.3, 0.4) is 0 Å². The minimum Gasteiger partial charge on any atom is -0.382 e. The first-order chi connectivity index (χ1) is 11.5. The summed E-state index contributed by atoms with van der Waals surface area (Å²) in [5.41, 5.74) is 2.18. The highest BCUT2D eigenvalue weighted by atomic mass is 79.9. The Kier molecular flexibility index (Phi) is 4.94. The van der Waals surface area contributed by atoms with Crippen molar-refractivity contribution in [2.45, 2.75) is 25.5 Å². The molecule has 1 aliphatic rings. The zero-order valence-corrected chi connectivity index (χ0v) is 14.6. The van der Waals surface area contributed by atoms with E-state index in [0.29, 0.717) is 17.7 Å². The maximum atomic E-state index is 13.3. The molecule has 2 atom stereocenters. The van der Waals surface area contributed by atoms with Crippen molar-refractivity contribution in [2.24, 2.45) is 5.16 Å². The van der Waals surface area contributed by atoms with Gasteiger partial charge in [0.1, 0.15) is 5.82 Å². The Morgan fingerprint density at radius 1 is 1.33 bits per heavy atom. The Balaban J connectivity index is 1.63. The van der Waals surface area contributed by atoms with E-state index in [0.717, 1.165) is 10.0 Å². The smallest absolute Gasteiger partial charge is 0.264 e. The molecule has 1 amide bonds. The van der Waals surface area contributed by atoms with Crippen molar-refractivity contribution in [3.05, 3.63) is 69.9 Å². The van der Waals surface area contributed by atoms with Crippen molar-refractivity contribution >= 4 is 27.5 Å². The van der Waals surface area contributed by atoms with E-state index in [1.807, 2.05) is 31.2 Å². The number of halogens is 2. The van der Waals surface area contributed by atoms with Gasteiger partial charge in [0.25, 0.3) is 5.91 Å². The molecule has 2 aromatic carbocycles. The van der Waals surface area contributed by atoms with E-state index >= 15 is 0 Å². The lowest BCUT2D eigenvalue weighted by atomic mass is 10.0. The second-order valence-corrected chi connectivity index (χ2v) is 6.45. The fraction of sp³-hybridized carbons (Fsp3) is 0.222. The van der Waals surface area contributed by atoms with Crippen LogP contribution in [0.15, 0.2) is 58.2 Å². The summed E-state index contributed by atoms with van der Waals surface area (Å²) >= 11 is 3.48. The third kappa shape index (κ3) is 3.64. The molecular weight excluding hydrogens is 375 g/mol. The first-order valence-electron chi connectivity index (χ1n) is 7.58. The van der Waals surface area contributed by atoms with Gasteiger partial charge in [0.15, 0.2) is 0 Å². The van der Waals surface area contributed by atoms with Crippen LogP contribution < -0.4 is 5.32 Å². The van der Waals surface area contributed by atoms with Gasteiger partial charge in [0, 0.05) is 16.5 Å². The molecule has 0 aliphatic carbocycles. The maximum absolute atomic E-state index is 13.3. The third-order valence-electron chi connectivity index (χ3n) is 3.85. The number of oxime groups is 1. The summed E-state index contributed by atoms with van der Waals surface area (Å²) in [7, 11) is 0. The number of amides is 1. The van der Waals surface area contributed by atoms with Crippen LogP contribution >= 0.6 is 15.9 Å². The summed E-state index contributed by atoms with van der Waals surface area (Å²) in [5.74, 6) is -0.584. The molecule has 0 bridgehead atoms. The van der Waals surface area contributed by atoms with E-state index in [4.69, 9.17) is 4.84 Å². The van der Waals surface area contributed by atoms with Gasteiger partial charge >= 0.3 is 0 Å². The lowest BCUT2D eigenvalue weighted by molar-refractivity contribution is -0.131. The number of carbonyl (C=O) groups excluding carboxylic acids is 1. The second-order valence-electron chi connectivity index (χ2n) is 5.60. The van der Waals surface area contributed by atoms with E-state index in [1.54, 1.807) is 12.1 Å². The molecule has 2 aromatic rings. The minimum absolute atomic E-state index is 0.171. The van der Waals surface area contributed by atoms with E-state index in [-0.39, 0.29) is 17.8 Å². The molecule has 0 spiro atoms. The highest BCUT2D eigenvalue weighted by molar-refractivity contribution is 9.10. The van der Waals surface area contributed by atoms with E-state index < -0.39 is 6.10 Å². The van der Waals surface area contributed by atoms with Crippen LogP contribution in [0.25, 0.3) is 0 Å². The Hall–Kier alpha value is -2.21. The minimum atomic E-state index is -0.701. The molecule has 0 saturated carbocycles. The summed E-state index contributed by atoms with van der Waals surface area (Å²) < 4.78 is 14.2. The van der Waals surface area contributed by atoms with E-state index in [2.05, 4.69) is 26.4 Å². The van der Waals surface area contributed by atoms with Crippen LogP contribution in [0.2, 0.25) is 0 Å². The first-order valence-corrected chi connectivity index (χ1v) is 8.37. The van der Waals surface area contributed by atoms with Crippen molar-refractivity contribution in [3.8, 4) is 0 Å². The topological polar surface area (TPSA) is 50.7 Å². The number of benzene rings is 2. The predicted octanol–water partition coefficient (Wildman–Crippen LogP) is 3.96. The van der Waals surface area contributed by atoms with Gasteiger partial charge in [-0.2, -0.15) is 0 Å². The molecule has 1 heterocycles. The van der Waals surface area contributed by atoms with E-state index in [1.165, 1.54) is 12.1 Å². The van der Waals surface area contributed by atoms with Crippen LogP contribution in [-0.4, -0.2) is 17.7 Å². The zero-order valence-electron chi connectivity index (χ0n) is 13.0. The lowest BCUT2D eigenvalue weighted by Gasteiger charge is -2.17. The molecule has 0 aromatic heterocycles. The van der Waals surface area contributed by atoms with Crippen molar-refractivity contribution in [1.82, 2.24) is 5.32 Å². The molecular formula is C18H16BrFN2O2. The molecule has 0 fully saturated rings. The molecule has 24 heavy (non-hydrogen) atoms. The normalized spacial score (nSPS) is 17.8. The Bertz CT molecular complexity index is 794. The fourth-order valence-electron chi connectivity index (χ4n) is 2.57. The van der Waals surface area contributed by atoms with Crippen LogP contribution in [-0.2, 0) is 9.63 Å². The molecule has 1 N–H and O–H groups in total. The maximum Gasteiger partial charge on any atom is 0.264 e. The van der Waals surface area contributed by atoms with Gasteiger partial charge < -0.3 is 10.2 Å². The highest BCUT2D eigenvalue weighted by Gasteiger charge is 2.30. The number of rotatable bonds is 4. The molecule has 0 radical (unpaired) electrons. The van der Waals surface area contributed by atoms with Gasteiger partial charge in [-0.15, -0.1) is 0 Å². The second kappa shape index (κ2) is 7.13. The van der Waals surface area contributed by atoms with E-state index in [9.17, 15) is 9.18 Å². The fourth-order valence-corrected chi connectivity index (χ4v) is 3.19. The summed E-state index contributed by atoms with van der Waals surface area (Å²) in [6.45, 7) is 1.90. The lowest BCUT2D eigenvalue weighted by Crippen LogP contribution is -2.36. The molecule has 3 rings (SSSR count). The van der Waals surface area contributed by atoms with Gasteiger partial charge in [-0.3, -0.25) is 4.79 Å². The molecule has 1 aliphatic heterocycles. The summed E-state index contributed by atoms with van der Waals surface area (Å²) in [6.07, 6.45) is -0.383. The SMILES string of the molecule is CC(NC(=O)C1CC(c2cccc(F)c2)=NO1)c1ccccc1Br. The van der Waals surface area contributed by atoms with Crippen molar-refractivity contribution in [3.63, 3.8) is 0 Å². The van der Waals surface area contributed by atoms with Crippen LogP contribution in [0, 0.1) is 5.82 Å². The average Bonchev–Trinajstić information content (AvgIpc) is 3.05. The van der Waals surface area contributed by atoms with Gasteiger partial charge in [0.2, 0.25) is 6.10 Å². The third-order valence-corrected chi connectivity index (χ3v) is 4.57. The van der Waals surface area contributed by atoms with Crippen LogP contribution in [0.5, 0.6) is 0 Å². The Labute approximate surface area is 147 Å². The van der Waals surface area contributed by atoms with Crippen LogP contribution in [0.1, 0.15) is 30.5 Å². The number of nitrogens with zero attached hydrogens (tertiary/aromatic N) is 1. The molecule has 124 valence electrons. The van der Waals surface area contributed by atoms with Crippen molar-refractivity contribution < 1.29 is 14.0 Å². The predicted molar refractivity (Wildman–Crippen MR) is 93.1 cm³/mol. The zero-order chi connectivity index (χ0) is 17.1. The standard InChI is InChI=1S/C18H16BrFN2O2/c1-11(14-7-2-3-8-15(14)19)21-18(23)17-10-16(22-24-17)12-5-4-6-13(20)9-12/h2-9,11,17H,10H2,1H3,(H,21,23). The quantitative estimate of drug-likeness (QED) is 0.858. The summed E-state index contributed by atoms with van der Waals surface area (Å²) in [4.78, 5) is 17.6. The Morgan fingerprint density at radius 2 is 2.12 bits per heavy atom. The molecule has 6 heteroatoms. The van der Waals surface area contributed by atoms with Gasteiger partial charge in [-0.25, -0.2) is 4.39 Å². The summed E-state index contributed by atoms with van der Waals surface area (Å²) in [6, 6.07) is 13.6.